The maximum Gasteiger partial charge on any atom is 0.336 e. The van der Waals surface area contributed by atoms with E-state index in [1.807, 2.05) is 30.3 Å². The fourth-order valence-electron chi connectivity index (χ4n) is 1.50. The van der Waals surface area contributed by atoms with Crippen LogP contribution in [0, 0.1) is 6.57 Å². The molecule has 0 aromatic heterocycles. The van der Waals surface area contributed by atoms with Crippen molar-refractivity contribution in [2.24, 2.45) is 0 Å². The molecule has 0 aliphatic heterocycles. The van der Waals surface area contributed by atoms with Gasteiger partial charge in [-0.15, -0.1) is 0 Å². The standard InChI is InChI=1S/C14H15NO2/c1-4-17-14(16)13(15-3)11(2)10-12-8-6-5-7-9-12/h5-9H,4,10H2,1-2H3. The molecule has 1 aromatic rings. The van der Waals surface area contributed by atoms with Gasteiger partial charge in [0.1, 0.15) is 0 Å². The van der Waals surface area contributed by atoms with Gasteiger partial charge in [-0.25, -0.2) is 4.85 Å². The number of hydrogen-bond acceptors (Lipinski definition) is 2. The van der Waals surface area contributed by atoms with E-state index < -0.39 is 5.97 Å². The summed E-state index contributed by atoms with van der Waals surface area (Å²) in [7, 11) is 0. The van der Waals surface area contributed by atoms with Crippen molar-refractivity contribution in [3.8, 4) is 0 Å². The molecule has 1 rings (SSSR count). The molecule has 0 saturated heterocycles. The Hall–Kier alpha value is -2.08. The van der Waals surface area contributed by atoms with Crippen LogP contribution in [-0.2, 0) is 16.0 Å². The van der Waals surface area contributed by atoms with Gasteiger partial charge >= 0.3 is 5.97 Å². The zero-order valence-electron chi connectivity index (χ0n) is 10.1. The van der Waals surface area contributed by atoms with Crippen LogP contribution < -0.4 is 0 Å². The lowest BCUT2D eigenvalue weighted by Gasteiger charge is -2.05. The molecule has 0 bridgehead atoms. The third-order valence-electron chi connectivity index (χ3n) is 2.30. The number of nitrogens with zero attached hydrogens (tertiary/aromatic N) is 1. The Labute approximate surface area is 102 Å². The van der Waals surface area contributed by atoms with Crippen molar-refractivity contribution in [3.63, 3.8) is 0 Å². The Balaban J connectivity index is 2.88. The van der Waals surface area contributed by atoms with E-state index >= 15 is 0 Å². The minimum atomic E-state index is -0.532. The Morgan fingerprint density at radius 1 is 1.35 bits per heavy atom. The summed E-state index contributed by atoms with van der Waals surface area (Å²) >= 11 is 0. The first-order chi connectivity index (χ1) is 8.19. The van der Waals surface area contributed by atoms with Gasteiger partial charge < -0.3 is 4.74 Å². The molecular formula is C14H15NO2. The van der Waals surface area contributed by atoms with Crippen LogP contribution in [-0.4, -0.2) is 12.6 Å². The first kappa shape index (κ1) is 13.0. The summed E-state index contributed by atoms with van der Waals surface area (Å²) in [5.41, 5.74) is 1.91. The normalized spacial score (nSPS) is 11.4. The summed E-state index contributed by atoms with van der Waals surface area (Å²) in [4.78, 5) is 14.8. The Bertz CT molecular complexity index is 455. The van der Waals surface area contributed by atoms with Crippen molar-refractivity contribution in [1.82, 2.24) is 0 Å². The van der Waals surface area contributed by atoms with Crippen molar-refractivity contribution in [3.05, 3.63) is 58.6 Å². The van der Waals surface area contributed by atoms with Crippen LogP contribution in [0.5, 0.6) is 0 Å². The Morgan fingerprint density at radius 3 is 2.53 bits per heavy atom. The van der Waals surface area contributed by atoms with Crippen LogP contribution >= 0.6 is 0 Å². The topological polar surface area (TPSA) is 30.7 Å². The maximum absolute atomic E-state index is 11.5. The molecule has 3 heteroatoms. The molecule has 0 atom stereocenters. The second kappa shape index (κ2) is 6.49. The molecule has 0 radical (unpaired) electrons. The van der Waals surface area contributed by atoms with Crippen molar-refractivity contribution in [2.45, 2.75) is 20.3 Å². The second-order valence-corrected chi connectivity index (χ2v) is 3.62. The Kier molecular flexibility index (Phi) is 4.96. The van der Waals surface area contributed by atoms with Gasteiger partial charge in [-0.3, -0.25) is 4.79 Å². The molecule has 0 aliphatic rings. The first-order valence-corrected chi connectivity index (χ1v) is 5.47. The fourth-order valence-corrected chi connectivity index (χ4v) is 1.50. The monoisotopic (exact) mass is 229 g/mol. The highest BCUT2D eigenvalue weighted by Crippen LogP contribution is 2.14. The molecular weight excluding hydrogens is 214 g/mol. The lowest BCUT2D eigenvalue weighted by molar-refractivity contribution is -0.138. The summed E-state index contributed by atoms with van der Waals surface area (Å²) in [5, 5.41) is 0. The van der Waals surface area contributed by atoms with E-state index in [9.17, 15) is 4.79 Å². The predicted molar refractivity (Wildman–Crippen MR) is 66.1 cm³/mol. The van der Waals surface area contributed by atoms with Crippen molar-refractivity contribution < 1.29 is 9.53 Å². The summed E-state index contributed by atoms with van der Waals surface area (Å²) in [6.45, 7) is 10.8. The smallest absolute Gasteiger partial charge is 0.336 e. The molecule has 0 unspecified atom stereocenters. The van der Waals surface area contributed by atoms with Gasteiger partial charge in [-0.2, -0.15) is 0 Å². The number of carbonyl (C=O) groups excluding carboxylic acids is 1. The van der Waals surface area contributed by atoms with Crippen molar-refractivity contribution in [2.75, 3.05) is 6.61 Å². The van der Waals surface area contributed by atoms with Gasteiger partial charge in [0.15, 0.2) is 0 Å². The van der Waals surface area contributed by atoms with Crippen LogP contribution in [0.2, 0.25) is 0 Å². The van der Waals surface area contributed by atoms with E-state index in [-0.39, 0.29) is 12.3 Å². The number of esters is 1. The van der Waals surface area contributed by atoms with Crippen molar-refractivity contribution >= 4 is 5.97 Å². The summed E-state index contributed by atoms with van der Waals surface area (Å²) in [6, 6.07) is 9.74. The van der Waals surface area contributed by atoms with E-state index in [1.54, 1.807) is 13.8 Å². The molecule has 17 heavy (non-hydrogen) atoms. The van der Waals surface area contributed by atoms with Gasteiger partial charge in [-0.1, -0.05) is 42.8 Å². The highest BCUT2D eigenvalue weighted by Gasteiger charge is 2.14. The molecule has 0 aliphatic carbocycles. The van der Waals surface area contributed by atoms with Crippen LogP contribution in [0.25, 0.3) is 4.85 Å². The van der Waals surface area contributed by atoms with E-state index in [1.165, 1.54) is 0 Å². The van der Waals surface area contributed by atoms with E-state index in [2.05, 4.69) is 4.85 Å². The molecule has 0 spiro atoms. The highest BCUT2D eigenvalue weighted by molar-refractivity contribution is 5.91. The minimum Gasteiger partial charge on any atom is -0.471 e. The summed E-state index contributed by atoms with van der Waals surface area (Å²) in [5.74, 6) is -0.532. The number of hydrogen-bond donors (Lipinski definition) is 0. The largest absolute Gasteiger partial charge is 0.471 e. The Morgan fingerprint density at radius 2 is 2.00 bits per heavy atom. The average Bonchev–Trinajstić information content (AvgIpc) is 2.31. The van der Waals surface area contributed by atoms with E-state index in [0.29, 0.717) is 6.42 Å². The average molecular weight is 229 g/mol. The van der Waals surface area contributed by atoms with Gasteiger partial charge in [0.25, 0.3) is 5.70 Å². The quantitative estimate of drug-likeness (QED) is 0.451. The summed E-state index contributed by atoms with van der Waals surface area (Å²) in [6.07, 6.45) is 0.595. The highest BCUT2D eigenvalue weighted by atomic mass is 16.5. The number of rotatable bonds is 4. The molecule has 0 saturated carbocycles. The third-order valence-corrected chi connectivity index (χ3v) is 2.30. The number of allylic oxidation sites excluding steroid dienone is 1. The van der Waals surface area contributed by atoms with Crippen LogP contribution in [0.3, 0.4) is 0 Å². The molecule has 0 fully saturated rings. The van der Waals surface area contributed by atoms with Crippen LogP contribution in [0.15, 0.2) is 41.6 Å². The maximum atomic E-state index is 11.5. The lowest BCUT2D eigenvalue weighted by Crippen LogP contribution is -2.07. The van der Waals surface area contributed by atoms with E-state index in [4.69, 9.17) is 11.3 Å². The molecule has 0 N–H and O–H groups in total. The SMILES string of the molecule is [C-]#[N+]C(C(=O)OCC)=C(C)Cc1ccccc1. The number of benzene rings is 1. The van der Waals surface area contributed by atoms with Crippen LogP contribution in [0.1, 0.15) is 19.4 Å². The third kappa shape index (κ3) is 3.76. The molecule has 3 nitrogen and oxygen atoms in total. The van der Waals surface area contributed by atoms with Gasteiger partial charge in [-0.05, 0) is 18.9 Å². The summed E-state index contributed by atoms with van der Waals surface area (Å²) < 4.78 is 4.84. The predicted octanol–water partition coefficient (Wildman–Crippen LogP) is 2.99. The van der Waals surface area contributed by atoms with Gasteiger partial charge in [0.05, 0.1) is 13.2 Å². The van der Waals surface area contributed by atoms with Crippen molar-refractivity contribution in [1.29, 1.82) is 0 Å². The van der Waals surface area contributed by atoms with Gasteiger partial charge in [0, 0.05) is 0 Å². The molecule has 88 valence electrons. The van der Waals surface area contributed by atoms with Gasteiger partial charge in [0.2, 0.25) is 0 Å². The zero-order valence-corrected chi connectivity index (χ0v) is 10.1. The minimum absolute atomic E-state index is 0.0932. The molecule has 0 amide bonds. The first-order valence-electron chi connectivity index (χ1n) is 5.47. The molecule has 0 heterocycles. The van der Waals surface area contributed by atoms with E-state index in [0.717, 1.165) is 11.1 Å². The fraction of sp³-hybridized carbons (Fsp3) is 0.286. The second-order valence-electron chi connectivity index (χ2n) is 3.62. The van der Waals surface area contributed by atoms with Crippen LogP contribution in [0.4, 0.5) is 0 Å². The molecule has 1 aromatic carbocycles. The number of carbonyl (C=O) groups is 1. The number of ether oxygens (including phenoxy) is 1. The zero-order chi connectivity index (χ0) is 12.7. The lowest BCUT2D eigenvalue weighted by atomic mass is 10.0.